The molecule has 1 unspecified atom stereocenters. The highest BCUT2D eigenvalue weighted by Gasteiger charge is 2.03. The second-order valence-electron chi connectivity index (χ2n) is 4.56. The van der Waals surface area contributed by atoms with Crippen LogP contribution in [0.15, 0.2) is 48.8 Å². The maximum absolute atomic E-state index is 5.15. The minimum absolute atomic E-state index is 0.326. The van der Waals surface area contributed by atoms with Crippen molar-refractivity contribution in [1.29, 1.82) is 0 Å². The summed E-state index contributed by atoms with van der Waals surface area (Å²) in [6.07, 6.45) is 4.72. The molecule has 0 fully saturated rings. The van der Waals surface area contributed by atoms with Crippen LogP contribution in [0, 0.1) is 0 Å². The topological polar surface area (TPSA) is 34.1 Å². The van der Waals surface area contributed by atoms with Gasteiger partial charge in [-0.2, -0.15) is 0 Å². The molecule has 2 aromatic rings. The van der Waals surface area contributed by atoms with Gasteiger partial charge in [-0.05, 0) is 49.2 Å². The fourth-order valence-corrected chi connectivity index (χ4v) is 1.98. The smallest absolute Gasteiger partial charge is 0.118 e. The molecule has 19 heavy (non-hydrogen) atoms. The first-order chi connectivity index (χ1) is 9.29. The number of rotatable bonds is 6. The van der Waals surface area contributed by atoms with Gasteiger partial charge in [-0.3, -0.25) is 4.98 Å². The first kappa shape index (κ1) is 13.6. The molecule has 1 N–H and O–H groups in total. The fraction of sp³-hybridized carbons (Fsp3) is 0.312. The molecule has 2 rings (SSSR count). The van der Waals surface area contributed by atoms with Gasteiger partial charge in [0.25, 0.3) is 0 Å². The van der Waals surface area contributed by atoms with Crippen LogP contribution >= 0.6 is 0 Å². The van der Waals surface area contributed by atoms with Crippen LogP contribution in [-0.4, -0.2) is 18.6 Å². The lowest BCUT2D eigenvalue weighted by molar-refractivity contribution is 0.414. The highest BCUT2D eigenvalue weighted by atomic mass is 16.5. The lowest BCUT2D eigenvalue weighted by Gasteiger charge is -2.13. The van der Waals surface area contributed by atoms with E-state index >= 15 is 0 Å². The number of methoxy groups -OCH3 is 1. The van der Waals surface area contributed by atoms with Crippen molar-refractivity contribution in [3.63, 3.8) is 0 Å². The van der Waals surface area contributed by atoms with Gasteiger partial charge < -0.3 is 10.1 Å². The molecule has 100 valence electrons. The Kier molecular flexibility index (Phi) is 4.93. The summed E-state index contributed by atoms with van der Waals surface area (Å²) >= 11 is 0. The van der Waals surface area contributed by atoms with Gasteiger partial charge in [0.2, 0.25) is 0 Å². The van der Waals surface area contributed by atoms with Gasteiger partial charge in [0, 0.05) is 18.4 Å². The predicted octanol–water partition coefficient (Wildman–Crippen LogP) is 2.98. The molecule has 0 spiro atoms. The Morgan fingerprint density at radius 2 is 2.00 bits per heavy atom. The van der Waals surface area contributed by atoms with Crippen LogP contribution in [0.2, 0.25) is 0 Å². The lowest BCUT2D eigenvalue weighted by Crippen LogP contribution is -2.21. The summed E-state index contributed by atoms with van der Waals surface area (Å²) < 4.78 is 5.15. The van der Waals surface area contributed by atoms with Gasteiger partial charge in [0.15, 0.2) is 0 Å². The monoisotopic (exact) mass is 256 g/mol. The average Bonchev–Trinajstić information content (AvgIpc) is 2.49. The number of aromatic nitrogens is 1. The quantitative estimate of drug-likeness (QED) is 0.862. The van der Waals surface area contributed by atoms with Gasteiger partial charge in [-0.15, -0.1) is 0 Å². The molecule has 3 heteroatoms. The third-order valence-electron chi connectivity index (χ3n) is 3.21. The lowest BCUT2D eigenvalue weighted by atomic mass is 10.1. The maximum atomic E-state index is 5.15. The number of nitrogens with one attached hydrogen (secondary N) is 1. The molecule has 1 aromatic carbocycles. The number of benzene rings is 1. The molecule has 0 amide bonds. The van der Waals surface area contributed by atoms with Gasteiger partial charge in [0.1, 0.15) is 5.75 Å². The summed E-state index contributed by atoms with van der Waals surface area (Å²) in [5.41, 5.74) is 2.53. The van der Waals surface area contributed by atoms with Crippen LogP contribution in [0.3, 0.4) is 0 Å². The summed E-state index contributed by atoms with van der Waals surface area (Å²) in [5.74, 6) is 0.903. The molecule has 1 atom stereocenters. The van der Waals surface area contributed by atoms with Gasteiger partial charge in [-0.1, -0.05) is 18.2 Å². The second-order valence-corrected chi connectivity index (χ2v) is 4.56. The van der Waals surface area contributed by atoms with Crippen LogP contribution in [-0.2, 0) is 6.42 Å². The standard InChI is InChI=1S/C16H20N2O/c1-13(15-4-3-10-17-12-15)18-11-9-14-5-7-16(19-2)8-6-14/h3-8,10,12-13,18H,9,11H2,1-2H3. The van der Waals surface area contributed by atoms with E-state index in [1.807, 2.05) is 24.4 Å². The average molecular weight is 256 g/mol. The van der Waals surface area contributed by atoms with Crippen LogP contribution in [0.5, 0.6) is 5.75 Å². The van der Waals surface area contributed by atoms with Crippen LogP contribution in [0.4, 0.5) is 0 Å². The highest BCUT2D eigenvalue weighted by Crippen LogP contribution is 2.12. The minimum atomic E-state index is 0.326. The van der Waals surface area contributed by atoms with E-state index in [-0.39, 0.29) is 0 Å². The third-order valence-corrected chi connectivity index (χ3v) is 3.21. The number of ether oxygens (including phenoxy) is 1. The van der Waals surface area contributed by atoms with Crippen molar-refractivity contribution in [2.24, 2.45) is 0 Å². The molecule has 0 aliphatic carbocycles. The summed E-state index contributed by atoms with van der Waals surface area (Å²) in [6, 6.07) is 12.6. The Hall–Kier alpha value is -1.87. The van der Waals surface area contributed by atoms with Crippen molar-refractivity contribution in [3.8, 4) is 5.75 Å². The van der Waals surface area contributed by atoms with Crippen molar-refractivity contribution in [2.45, 2.75) is 19.4 Å². The number of hydrogen-bond acceptors (Lipinski definition) is 3. The van der Waals surface area contributed by atoms with Crippen LogP contribution in [0.1, 0.15) is 24.1 Å². The zero-order valence-electron chi connectivity index (χ0n) is 11.5. The maximum Gasteiger partial charge on any atom is 0.118 e. The van der Waals surface area contributed by atoms with E-state index in [4.69, 9.17) is 4.74 Å². The van der Waals surface area contributed by atoms with Crippen molar-refractivity contribution < 1.29 is 4.74 Å². The Morgan fingerprint density at radius 1 is 1.21 bits per heavy atom. The Morgan fingerprint density at radius 3 is 2.63 bits per heavy atom. The zero-order chi connectivity index (χ0) is 13.5. The van der Waals surface area contributed by atoms with E-state index in [2.05, 4.69) is 35.4 Å². The van der Waals surface area contributed by atoms with E-state index in [1.54, 1.807) is 13.3 Å². The van der Waals surface area contributed by atoms with E-state index in [1.165, 1.54) is 11.1 Å². The van der Waals surface area contributed by atoms with Crippen molar-refractivity contribution in [2.75, 3.05) is 13.7 Å². The Labute approximate surface area is 114 Å². The number of pyridine rings is 1. The third kappa shape index (κ3) is 4.07. The molecule has 0 saturated heterocycles. The van der Waals surface area contributed by atoms with Gasteiger partial charge in [0.05, 0.1) is 7.11 Å². The van der Waals surface area contributed by atoms with Crippen LogP contribution < -0.4 is 10.1 Å². The summed E-state index contributed by atoms with van der Waals surface area (Å²) in [4.78, 5) is 4.14. The number of hydrogen-bond donors (Lipinski definition) is 1. The van der Waals surface area contributed by atoms with Gasteiger partial charge >= 0.3 is 0 Å². The van der Waals surface area contributed by atoms with Crippen LogP contribution in [0.25, 0.3) is 0 Å². The van der Waals surface area contributed by atoms with E-state index in [0.29, 0.717) is 6.04 Å². The fourth-order valence-electron chi connectivity index (χ4n) is 1.98. The predicted molar refractivity (Wildman–Crippen MR) is 77.4 cm³/mol. The molecule has 1 heterocycles. The molecular weight excluding hydrogens is 236 g/mol. The summed E-state index contributed by atoms with van der Waals surface area (Å²) in [6.45, 7) is 3.10. The Balaban J connectivity index is 1.79. The second kappa shape index (κ2) is 6.90. The first-order valence-corrected chi connectivity index (χ1v) is 6.56. The largest absolute Gasteiger partial charge is 0.497 e. The zero-order valence-corrected chi connectivity index (χ0v) is 11.5. The molecule has 0 saturated carbocycles. The Bertz CT molecular complexity index is 482. The van der Waals surface area contributed by atoms with E-state index in [9.17, 15) is 0 Å². The van der Waals surface area contributed by atoms with Crippen molar-refractivity contribution in [1.82, 2.24) is 10.3 Å². The van der Waals surface area contributed by atoms with Gasteiger partial charge in [-0.25, -0.2) is 0 Å². The molecular formula is C16H20N2O. The molecule has 3 nitrogen and oxygen atoms in total. The first-order valence-electron chi connectivity index (χ1n) is 6.56. The normalized spacial score (nSPS) is 12.1. The van der Waals surface area contributed by atoms with E-state index < -0.39 is 0 Å². The minimum Gasteiger partial charge on any atom is -0.497 e. The molecule has 0 radical (unpaired) electrons. The molecule has 0 bridgehead atoms. The SMILES string of the molecule is COc1ccc(CCNC(C)c2cccnc2)cc1. The highest BCUT2D eigenvalue weighted by molar-refractivity contribution is 5.27. The molecule has 1 aromatic heterocycles. The summed E-state index contributed by atoms with van der Waals surface area (Å²) in [5, 5.41) is 3.50. The van der Waals surface area contributed by atoms with Crippen molar-refractivity contribution >= 4 is 0 Å². The summed E-state index contributed by atoms with van der Waals surface area (Å²) in [7, 11) is 1.69. The molecule has 0 aliphatic heterocycles. The van der Waals surface area contributed by atoms with E-state index in [0.717, 1.165) is 18.7 Å². The van der Waals surface area contributed by atoms with Crippen molar-refractivity contribution in [3.05, 3.63) is 59.9 Å². The molecule has 0 aliphatic rings. The number of nitrogens with zero attached hydrogens (tertiary/aromatic N) is 1.